The highest BCUT2D eigenvalue weighted by Gasteiger charge is 2.39. The molecule has 0 aromatic carbocycles. The van der Waals surface area contributed by atoms with Crippen LogP contribution in [0.3, 0.4) is 0 Å². The van der Waals surface area contributed by atoms with Crippen molar-refractivity contribution in [3.8, 4) is 5.95 Å². The lowest BCUT2D eigenvalue weighted by molar-refractivity contribution is -0.143. The molecule has 4 rings (SSSR count). The van der Waals surface area contributed by atoms with Crippen LogP contribution >= 0.6 is 0 Å². The zero-order chi connectivity index (χ0) is 21.6. The van der Waals surface area contributed by atoms with Gasteiger partial charge in [-0.15, -0.1) is 5.10 Å². The molecule has 13 heteroatoms. The number of hydrogen-bond donors (Lipinski definition) is 0. The Kier molecular flexibility index (Phi) is 4.67. The molecule has 156 valence electrons. The van der Waals surface area contributed by atoms with Gasteiger partial charge in [0, 0.05) is 18.7 Å². The van der Waals surface area contributed by atoms with E-state index in [0.29, 0.717) is 11.4 Å². The van der Waals surface area contributed by atoms with Gasteiger partial charge in [0.2, 0.25) is 0 Å². The van der Waals surface area contributed by atoms with Crippen LogP contribution in [0.15, 0.2) is 24.7 Å². The maximum absolute atomic E-state index is 14.3. The van der Waals surface area contributed by atoms with Crippen LogP contribution in [-0.4, -0.2) is 46.8 Å². The van der Waals surface area contributed by atoms with Gasteiger partial charge in [-0.3, -0.25) is 4.79 Å². The number of fused-ring (bicyclic) bond motifs is 1. The Morgan fingerprint density at radius 2 is 1.87 bits per heavy atom. The van der Waals surface area contributed by atoms with E-state index in [2.05, 4.69) is 25.3 Å². The zero-order valence-corrected chi connectivity index (χ0v) is 15.2. The van der Waals surface area contributed by atoms with Crippen LogP contribution < -0.4 is 0 Å². The average Bonchev–Trinajstić information content (AvgIpc) is 3.09. The van der Waals surface area contributed by atoms with E-state index in [0.717, 1.165) is 24.7 Å². The molecule has 1 atom stereocenters. The quantitative estimate of drug-likeness (QED) is 0.586. The number of amides is 1. The normalized spacial score (nSPS) is 16.5. The van der Waals surface area contributed by atoms with Gasteiger partial charge in [-0.1, -0.05) is 5.21 Å². The first-order valence-electron chi connectivity index (χ1n) is 8.61. The van der Waals surface area contributed by atoms with E-state index in [-0.39, 0.29) is 18.9 Å². The molecule has 0 aliphatic carbocycles. The maximum Gasteiger partial charge on any atom is 0.436 e. The van der Waals surface area contributed by atoms with Gasteiger partial charge >= 0.3 is 6.18 Å². The van der Waals surface area contributed by atoms with E-state index in [9.17, 15) is 26.7 Å². The van der Waals surface area contributed by atoms with E-state index in [1.54, 1.807) is 6.92 Å². The van der Waals surface area contributed by atoms with Crippen molar-refractivity contribution in [2.24, 2.45) is 0 Å². The highest BCUT2D eigenvalue weighted by Crippen LogP contribution is 2.32. The first kappa shape index (κ1) is 19.8. The molecule has 0 bridgehead atoms. The van der Waals surface area contributed by atoms with Crippen LogP contribution in [-0.2, 0) is 19.1 Å². The fraction of sp³-hybridized carbons (Fsp3) is 0.294. The van der Waals surface area contributed by atoms with Crippen LogP contribution in [0.25, 0.3) is 5.95 Å². The average molecular weight is 425 g/mol. The zero-order valence-electron chi connectivity index (χ0n) is 15.2. The molecule has 3 aromatic heterocycles. The van der Waals surface area contributed by atoms with Crippen molar-refractivity contribution in [2.45, 2.75) is 32.1 Å². The SMILES string of the molecule is C[C@@H]1Cc2c(nnn2-c2ncc(F)cn2)CN1C(=O)c1ccnc(C(F)(F)F)c1F. The molecule has 0 fully saturated rings. The highest BCUT2D eigenvalue weighted by molar-refractivity contribution is 5.95. The third-order valence-electron chi connectivity index (χ3n) is 4.63. The van der Waals surface area contributed by atoms with Gasteiger partial charge in [0.15, 0.2) is 17.3 Å². The van der Waals surface area contributed by atoms with Gasteiger partial charge in [0.25, 0.3) is 11.9 Å². The standard InChI is InChI=1S/C17H12F5N7O/c1-8-4-12-11(26-27-29(12)16-24-5-9(18)6-25-16)7-28(8)15(30)10-2-3-23-14(13(10)19)17(20,21)22/h2-3,5-6,8H,4,7H2,1H3/t8-/m1/s1. The predicted molar refractivity (Wildman–Crippen MR) is 89.1 cm³/mol. The van der Waals surface area contributed by atoms with E-state index < -0.39 is 41.0 Å². The summed E-state index contributed by atoms with van der Waals surface area (Å²) in [5, 5.41) is 7.87. The Morgan fingerprint density at radius 1 is 1.17 bits per heavy atom. The van der Waals surface area contributed by atoms with Crippen LogP contribution in [0, 0.1) is 11.6 Å². The van der Waals surface area contributed by atoms with Gasteiger partial charge in [-0.05, 0) is 13.0 Å². The summed E-state index contributed by atoms with van der Waals surface area (Å²) in [7, 11) is 0. The molecule has 1 amide bonds. The van der Waals surface area contributed by atoms with Gasteiger partial charge in [0.1, 0.15) is 5.69 Å². The number of pyridine rings is 1. The largest absolute Gasteiger partial charge is 0.436 e. The van der Waals surface area contributed by atoms with E-state index in [1.807, 2.05) is 0 Å². The minimum absolute atomic E-state index is 0.0760. The van der Waals surface area contributed by atoms with Crippen molar-refractivity contribution in [3.05, 3.63) is 58.9 Å². The second-order valence-corrected chi connectivity index (χ2v) is 6.60. The monoisotopic (exact) mass is 425 g/mol. The van der Waals surface area contributed by atoms with Gasteiger partial charge in [0.05, 0.1) is 30.2 Å². The Hall–Kier alpha value is -3.51. The predicted octanol–water partition coefficient (Wildman–Crippen LogP) is 2.34. The van der Waals surface area contributed by atoms with E-state index in [1.165, 1.54) is 9.58 Å². The number of carbonyl (C=O) groups excluding carboxylic acids is 1. The summed E-state index contributed by atoms with van der Waals surface area (Å²) in [6.07, 6.45) is -2.17. The van der Waals surface area contributed by atoms with Crippen LogP contribution in [0.5, 0.6) is 0 Å². The molecule has 3 aromatic rings. The molecule has 8 nitrogen and oxygen atoms in total. The lowest BCUT2D eigenvalue weighted by Crippen LogP contribution is -2.43. The summed E-state index contributed by atoms with van der Waals surface area (Å²) in [6.45, 7) is 1.53. The number of nitrogens with zero attached hydrogens (tertiary/aromatic N) is 7. The van der Waals surface area contributed by atoms with Crippen molar-refractivity contribution in [1.82, 2.24) is 34.8 Å². The molecule has 0 radical (unpaired) electrons. The van der Waals surface area contributed by atoms with Gasteiger partial charge in [-0.25, -0.2) is 23.7 Å². The smallest absolute Gasteiger partial charge is 0.329 e. The first-order valence-corrected chi connectivity index (χ1v) is 8.61. The maximum atomic E-state index is 14.3. The molecule has 0 saturated heterocycles. The fourth-order valence-corrected chi connectivity index (χ4v) is 3.18. The lowest BCUT2D eigenvalue weighted by atomic mass is 10.0. The second-order valence-electron chi connectivity index (χ2n) is 6.60. The van der Waals surface area contributed by atoms with E-state index >= 15 is 0 Å². The third-order valence-corrected chi connectivity index (χ3v) is 4.63. The number of halogens is 5. The second kappa shape index (κ2) is 7.07. The number of aromatic nitrogens is 6. The summed E-state index contributed by atoms with van der Waals surface area (Å²) in [5.41, 5.74) is -1.58. The van der Waals surface area contributed by atoms with Crippen LogP contribution in [0.2, 0.25) is 0 Å². The molecule has 1 aliphatic rings. The molecule has 0 N–H and O–H groups in total. The summed E-state index contributed by atoms with van der Waals surface area (Å²) in [5.74, 6) is -3.20. The number of hydrogen-bond acceptors (Lipinski definition) is 6. The highest BCUT2D eigenvalue weighted by atomic mass is 19.4. The number of carbonyl (C=O) groups is 1. The molecule has 0 unspecified atom stereocenters. The summed E-state index contributed by atoms with van der Waals surface area (Å²) in [4.78, 5) is 24.7. The molecular formula is C17H12F5N7O. The van der Waals surface area contributed by atoms with Crippen molar-refractivity contribution in [2.75, 3.05) is 0 Å². The van der Waals surface area contributed by atoms with Gasteiger partial charge < -0.3 is 4.90 Å². The Labute approximate surface area is 165 Å². The van der Waals surface area contributed by atoms with Crippen molar-refractivity contribution in [1.29, 1.82) is 0 Å². The summed E-state index contributed by atoms with van der Waals surface area (Å²) in [6, 6.07) is 0.378. The molecule has 30 heavy (non-hydrogen) atoms. The molecular weight excluding hydrogens is 413 g/mol. The van der Waals surface area contributed by atoms with Crippen molar-refractivity contribution >= 4 is 5.91 Å². The Bertz CT molecular complexity index is 1110. The number of rotatable bonds is 2. The fourth-order valence-electron chi connectivity index (χ4n) is 3.18. The minimum Gasteiger partial charge on any atom is -0.329 e. The van der Waals surface area contributed by atoms with E-state index in [4.69, 9.17) is 0 Å². The Morgan fingerprint density at radius 3 is 2.53 bits per heavy atom. The molecule has 4 heterocycles. The minimum atomic E-state index is -5.03. The van der Waals surface area contributed by atoms with Crippen LogP contribution in [0.4, 0.5) is 22.0 Å². The molecule has 0 saturated carbocycles. The molecule has 0 spiro atoms. The third kappa shape index (κ3) is 3.35. The van der Waals surface area contributed by atoms with Crippen molar-refractivity contribution in [3.63, 3.8) is 0 Å². The lowest BCUT2D eigenvalue weighted by Gasteiger charge is -2.33. The van der Waals surface area contributed by atoms with Crippen LogP contribution in [0.1, 0.15) is 34.4 Å². The van der Waals surface area contributed by atoms with Gasteiger partial charge in [-0.2, -0.15) is 17.9 Å². The summed E-state index contributed by atoms with van der Waals surface area (Å²) >= 11 is 0. The molecule has 1 aliphatic heterocycles. The Balaban J connectivity index is 1.65. The van der Waals surface area contributed by atoms with Crippen molar-refractivity contribution < 1.29 is 26.7 Å². The summed E-state index contributed by atoms with van der Waals surface area (Å²) < 4.78 is 67.4. The first-order chi connectivity index (χ1) is 14.2. The topological polar surface area (TPSA) is 89.7 Å². The number of alkyl halides is 3.